The molecule has 2 aromatic carbocycles. The van der Waals surface area contributed by atoms with Gasteiger partial charge < -0.3 is 10.6 Å². The molecule has 0 saturated heterocycles. The van der Waals surface area contributed by atoms with E-state index >= 15 is 0 Å². The van der Waals surface area contributed by atoms with E-state index in [4.69, 9.17) is 0 Å². The number of rotatable bonds is 11. The number of hydrogen-bond donors (Lipinski definition) is 2. The van der Waals surface area contributed by atoms with Crippen LogP contribution >= 0.6 is 0 Å². The molecule has 0 aliphatic rings. The molecule has 0 aliphatic heterocycles. The van der Waals surface area contributed by atoms with Gasteiger partial charge in [0, 0.05) is 11.4 Å². The average molecular weight is 420 g/mol. The molecule has 31 heavy (non-hydrogen) atoms. The first-order valence-corrected chi connectivity index (χ1v) is 10.8. The largest absolute Gasteiger partial charge is 0.353 e. The zero-order valence-electron chi connectivity index (χ0n) is 18.1. The van der Waals surface area contributed by atoms with Crippen molar-refractivity contribution in [3.05, 3.63) is 76.1 Å². The summed E-state index contributed by atoms with van der Waals surface area (Å²) in [7, 11) is 0. The van der Waals surface area contributed by atoms with Crippen molar-refractivity contribution in [1.29, 1.82) is 0 Å². The van der Waals surface area contributed by atoms with Crippen LogP contribution in [0.25, 0.3) is 0 Å². The molecule has 1 aromatic heterocycles. The van der Waals surface area contributed by atoms with Gasteiger partial charge in [-0.3, -0.25) is 10.1 Å². The molecule has 0 amide bonds. The van der Waals surface area contributed by atoms with Gasteiger partial charge in [0.1, 0.15) is 6.33 Å². The van der Waals surface area contributed by atoms with Crippen molar-refractivity contribution >= 4 is 28.7 Å². The third-order valence-electron chi connectivity index (χ3n) is 5.08. The minimum Gasteiger partial charge on any atom is -0.334 e. The van der Waals surface area contributed by atoms with E-state index < -0.39 is 4.92 Å². The second-order valence-corrected chi connectivity index (χ2v) is 7.53. The van der Waals surface area contributed by atoms with Crippen LogP contribution in [0.2, 0.25) is 0 Å². The minimum atomic E-state index is -0.462. The number of aryl methyl sites for hydroxylation is 2. The summed E-state index contributed by atoms with van der Waals surface area (Å²) in [5.41, 5.74) is 3.79. The number of nitro groups is 1. The quantitative estimate of drug-likeness (QED) is 0.270. The second-order valence-electron chi connectivity index (χ2n) is 7.53. The highest BCUT2D eigenvalue weighted by Gasteiger charge is 2.23. The van der Waals surface area contributed by atoms with Crippen molar-refractivity contribution in [2.45, 2.75) is 52.4 Å². The number of unbranched alkanes of at least 4 members (excludes halogenated alkanes) is 2. The first-order chi connectivity index (χ1) is 15.1. The highest BCUT2D eigenvalue weighted by molar-refractivity contribution is 5.76. The third kappa shape index (κ3) is 6.25. The zero-order valence-corrected chi connectivity index (χ0v) is 18.1. The minimum absolute atomic E-state index is 0.156. The van der Waals surface area contributed by atoms with Crippen molar-refractivity contribution in [2.24, 2.45) is 0 Å². The number of nitrogens with zero attached hydrogens (tertiary/aromatic N) is 3. The predicted molar refractivity (Wildman–Crippen MR) is 125 cm³/mol. The second kappa shape index (κ2) is 11.1. The van der Waals surface area contributed by atoms with Gasteiger partial charge >= 0.3 is 5.69 Å². The lowest BCUT2D eigenvalue weighted by Gasteiger charge is -2.11. The fourth-order valence-corrected chi connectivity index (χ4v) is 3.28. The van der Waals surface area contributed by atoms with E-state index in [-0.39, 0.29) is 17.3 Å². The average Bonchev–Trinajstić information content (AvgIpc) is 2.78. The van der Waals surface area contributed by atoms with E-state index in [9.17, 15) is 10.1 Å². The molecule has 0 unspecified atom stereocenters. The van der Waals surface area contributed by atoms with Gasteiger partial charge in [-0.05, 0) is 61.1 Å². The highest BCUT2D eigenvalue weighted by atomic mass is 16.6. The van der Waals surface area contributed by atoms with Gasteiger partial charge in [-0.15, -0.1) is 0 Å². The molecular weight excluding hydrogens is 390 g/mol. The number of benzene rings is 2. The standard InChI is InChI=1S/C24H29N5O2/c1-3-5-7-18-9-13-20(14-10-18)27-23-22(29(30)31)24(26-17-25-23)28-21-15-11-19(12-16-21)8-6-4-2/h9-17H,3-8H2,1-2H3,(H2,25,26,27,28). The van der Waals surface area contributed by atoms with Gasteiger partial charge in [-0.1, -0.05) is 51.0 Å². The van der Waals surface area contributed by atoms with Gasteiger partial charge in [0.05, 0.1) is 4.92 Å². The lowest BCUT2D eigenvalue weighted by Crippen LogP contribution is -2.05. The van der Waals surface area contributed by atoms with Gasteiger partial charge in [-0.25, -0.2) is 9.97 Å². The van der Waals surface area contributed by atoms with E-state index in [1.165, 1.54) is 17.5 Å². The zero-order chi connectivity index (χ0) is 22.1. The van der Waals surface area contributed by atoms with E-state index in [0.717, 1.165) is 49.9 Å². The lowest BCUT2D eigenvalue weighted by molar-refractivity contribution is -0.383. The monoisotopic (exact) mass is 419 g/mol. The van der Waals surface area contributed by atoms with Gasteiger partial charge in [0.15, 0.2) is 0 Å². The Hall–Kier alpha value is -3.48. The molecule has 162 valence electrons. The van der Waals surface area contributed by atoms with Crippen molar-refractivity contribution < 1.29 is 4.92 Å². The number of nitrogens with one attached hydrogen (secondary N) is 2. The van der Waals surface area contributed by atoms with Crippen molar-refractivity contribution in [3.63, 3.8) is 0 Å². The maximum absolute atomic E-state index is 11.8. The van der Waals surface area contributed by atoms with Crippen LogP contribution in [0.3, 0.4) is 0 Å². The molecule has 0 bridgehead atoms. The Bertz CT molecular complexity index is 916. The third-order valence-corrected chi connectivity index (χ3v) is 5.08. The Labute approximate surface area is 183 Å². The van der Waals surface area contributed by atoms with Crippen LogP contribution in [0.5, 0.6) is 0 Å². The van der Waals surface area contributed by atoms with Crippen LogP contribution in [0.15, 0.2) is 54.9 Å². The van der Waals surface area contributed by atoms with Crippen LogP contribution in [-0.4, -0.2) is 14.9 Å². The van der Waals surface area contributed by atoms with E-state index in [0.29, 0.717) is 0 Å². The summed E-state index contributed by atoms with van der Waals surface area (Å²) in [6.45, 7) is 4.33. The Kier molecular flexibility index (Phi) is 7.92. The van der Waals surface area contributed by atoms with Gasteiger partial charge in [-0.2, -0.15) is 0 Å². The molecular formula is C24H29N5O2. The Morgan fingerprint density at radius 2 is 1.19 bits per heavy atom. The van der Waals surface area contributed by atoms with E-state index in [1.54, 1.807) is 0 Å². The Morgan fingerprint density at radius 1 is 0.774 bits per heavy atom. The molecule has 0 spiro atoms. The van der Waals surface area contributed by atoms with Crippen molar-refractivity contribution in [2.75, 3.05) is 10.6 Å². The lowest BCUT2D eigenvalue weighted by atomic mass is 10.1. The summed E-state index contributed by atoms with van der Waals surface area (Å²) in [6.07, 6.45) is 7.93. The van der Waals surface area contributed by atoms with Gasteiger partial charge in [0.2, 0.25) is 11.6 Å². The first kappa shape index (κ1) is 22.2. The van der Waals surface area contributed by atoms with Crippen molar-refractivity contribution in [3.8, 4) is 0 Å². The molecule has 7 heteroatoms. The smallest absolute Gasteiger partial charge is 0.334 e. The van der Waals surface area contributed by atoms with Crippen LogP contribution in [0.4, 0.5) is 28.7 Å². The maximum Gasteiger partial charge on any atom is 0.353 e. The maximum atomic E-state index is 11.8. The molecule has 0 fully saturated rings. The summed E-state index contributed by atoms with van der Waals surface area (Å²) >= 11 is 0. The number of aromatic nitrogens is 2. The molecule has 0 saturated carbocycles. The number of anilines is 4. The molecule has 7 nitrogen and oxygen atoms in total. The molecule has 0 radical (unpaired) electrons. The molecule has 3 rings (SSSR count). The van der Waals surface area contributed by atoms with E-state index in [2.05, 4.69) is 34.4 Å². The Balaban J connectivity index is 1.78. The van der Waals surface area contributed by atoms with E-state index in [1.807, 2.05) is 48.5 Å². The van der Waals surface area contributed by atoms with Crippen LogP contribution < -0.4 is 10.6 Å². The summed E-state index contributed by atoms with van der Waals surface area (Å²) in [5, 5.41) is 17.9. The SMILES string of the molecule is CCCCc1ccc(Nc2ncnc(Nc3ccc(CCCC)cc3)c2[N+](=O)[O-])cc1. The molecule has 0 aliphatic carbocycles. The van der Waals surface area contributed by atoms with Crippen LogP contribution in [0, 0.1) is 10.1 Å². The fraction of sp³-hybridized carbons (Fsp3) is 0.333. The summed E-state index contributed by atoms with van der Waals surface area (Å²) in [6, 6.07) is 15.8. The topological polar surface area (TPSA) is 93.0 Å². The fourth-order valence-electron chi connectivity index (χ4n) is 3.28. The molecule has 3 aromatic rings. The molecule has 2 N–H and O–H groups in total. The molecule has 0 atom stereocenters. The summed E-state index contributed by atoms with van der Waals surface area (Å²) in [4.78, 5) is 19.6. The normalized spacial score (nSPS) is 10.6. The van der Waals surface area contributed by atoms with Crippen LogP contribution in [0.1, 0.15) is 50.7 Å². The predicted octanol–water partition coefficient (Wildman–Crippen LogP) is 6.56. The van der Waals surface area contributed by atoms with Crippen LogP contribution in [-0.2, 0) is 12.8 Å². The first-order valence-electron chi connectivity index (χ1n) is 10.8. The summed E-state index contributed by atoms with van der Waals surface area (Å²) in [5.74, 6) is 0.312. The van der Waals surface area contributed by atoms with Gasteiger partial charge in [0.25, 0.3) is 0 Å². The van der Waals surface area contributed by atoms with Crippen molar-refractivity contribution in [1.82, 2.24) is 9.97 Å². The Morgan fingerprint density at radius 3 is 1.55 bits per heavy atom. The molecule has 1 heterocycles. The summed E-state index contributed by atoms with van der Waals surface area (Å²) < 4.78 is 0. The number of hydrogen-bond acceptors (Lipinski definition) is 6. The highest BCUT2D eigenvalue weighted by Crippen LogP contribution is 2.33.